The predicted molar refractivity (Wildman–Crippen MR) is 78.6 cm³/mol. The van der Waals surface area contributed by atoms with Crippen LogP contribution in [0.3, 0.4) is 0 Å². The summed E-state index contributed by atoms with van der Waals surface area (Å²) in [5.41, 5.74) is 2.42. The molecule has 0 aromatic heterocycles. The third-order valence-corrected chi connectivity index (χ3v) is 3.81. The number of anilines is 1. The molecule has 1 aliphatic heterocycles. The Morgan fingerprint density at radius 3 is 2.95 bits per heavy atom. The summed E-state index contributed by atoms with van der Waals surface area (Å²) in [6, 6.07) is 7.60. The summed E-state index contributed by atoms with van der Waals surface area (Å²) in [6.07, 6.45) is 1.74. The topological polar surface area (TPSA) is 56.5 Å². The van der Waals surface area contributed by atoms with E-state index >= 15 is 0 Å². The minimum absolute atomic E-state index is 0.515. The van der Waals surface area contributed by atoms with E-state index in [-0.39, 0.29) is 0 Å². The zero-order valence-corrected chi connectivity index (χ0v) is 12.2. The van der Waals surface area contributed by atoms with Gasteiger partial charge in [-0.2, -0.15) is 5.26 Å². The molecule has 108 valence electrons. The van der Waals surface area contributed by atoms with E-state index in [1.54, 1.807) is 13.0 Å². The molecule has 1 saturated heterocycles. The Labute approximate surface area is 120 Å². The average molecular weight is 274 g/mol. The molecule has 0 saturated carbocycles. The second kappa shape index (κ2) is 6.74. The van der Waals surface area contributed by atoms with Crippen molar-refractivity contribution in [1.82, 2.24) is 0 Å². The quantitative estimate of drug-likeness (QED) is 0.916. The molecule has 0 spiro atoms. The SMILES string of the molecule is C[C@H](O)c1ccc(C#N)cc1N(C)CC1CCCOC1. The molecule has 2 atom stereocenters. The summed E-state index contributed by atoms with van der Waals surface area (Å²) in [4.78, 5) is 2.13. The van der Waals surface area contributed by atoms with Crippen LogP contribution in [0.5, 0.6) is 0 Å². The fraction of sp³-hybridized carbons (Fsp3) is 0.562. The number of hydrogen-bond donors (Lipinski definition) is 1. The molecule has 1 aromatic rings. The molecule has 1 fully saturated rings. The Bertz CT molecular complexity index is 488. The standard InChI is InChI=1S/C16H22N2O2/c1-12(19)15-6-5-13(9-17)8-16(15)18(2)10-14-4-3-7-20-11-14/h5-6,8,12,14,19H,3-4,7,10-11H2,1-2H3/t12-,14?/m0/s1. The van der Waals surface area contributed by atoms with Gasteiger partial charge in [-0.1, -0.05) is 6.07 Å². The van der Waals surface area contributed by atoms with Crippen LogP contribution in [0.4, 0.5) is 5.69 Å². The van der Waals surface area contributed by atoms with Crippen molar-refractivity contribution in [3.05, 3.63) is 29.3 Å². The molecule has 1 heterocycles. The molecule has 1 N–H and O–H groups in total. The lowest BCUT2D eigenvalue weighted by Crippen LogP contribution is -2.31. The number of aliphatic hydroxyl groups is 1. The molecule has 0 aliphatic carbocycles. The fourth-order valence-electron chi connectivity index (χ4n) is 2.73. The molecule has 2 rings (SSSR count). The van der Waals surface area contributed by atoms with Crippen molar-refractivity contribution in [2.45, 2.75) is 25.9 Å². The molecule has 1 unspecified atom stereocenters. The predicted octanol–water partition coefficient (Wildman–Crippen LogP) is 2.47. The first-order valence-electron chi connectivity index (χ1n) is 7.13. The zero-order chi connectivity index (χ0) is 14.5. The smallest absolute Gasteiger partial charge is 0.0992 e. The van der Waals surface area contributed by atoms with E-state index < -0.39 is 6.10 Å². The minimum Gasteiger partial charge on any atom is -0.389 e. The van der Waals surface area contributed by atoms with Crippen LogP contribution in [-0.4, -0.2) is 31.9 Å². The maximum absolute atomic E-state index is 9.89. The largest absolute Gasteiger partial charge is 0.389 e. The molecule has 1 aromatic carbocycles. The molecule has 0 bridgehead atoms. The van der Waals surface area contributed by atoms with Crippen LogP contribution in [0.2, 0.25) is 0 Å². The number of benzene rings is 1. The van der Waals surface area contributed by atoms with Gasteiger partial charge < -0.3 is 14.7 Å². The third kappa shape index (κ3) is 3.50. The number of ether oxygens (including phenoxy) is 1. The van der Waals surface area contributed by atoms with E-state index in [0.717, 1.165) is 37.4 Å². The van der Waals surface area contributed by atoms with Gasteiger partial charge in [0.05, 0.1) is 24.3 Å². The van der Waals surface area contributed by atoms with Gasteiger partial charge in [-0.3, -0.25) is 0 Å². The number of hydrogen-bond acceptors (Lipinski definition) is 4. The van der Waals surface area contributed by atoms with Crippen LogP contribution in [0, 0.1) is 17.2 Å². The van der Waals surface area contributed by atoms with Crippen LogP contribution >= 0.6 is 0 Å². The van der Waals surface area contributed by atoms with Gasteiger partial charge in [-0.15, -0.1) is 0 Å². The Kier molecular flexibility index (Phi) is 4.99. The first-order chi connectivity index (χ1) is 9.61. The number of rotatable bonds is 4. The highest BCUT2D eigenvalue weighted by Gasteiger charge is 2.19. The van der Waals surface area contributed by atoms with E-state index in [1.807, 2.05) is 19.2 Å². The van der Waals surface area contributed by atoms with Gasteiger partial charge in [0, 0.05) is 31.5 Å². The van der Waals surface area contributed by atoms with E-state index in [0.29, 0.717) is 11.5 Å². The third-order valence-electron chi connectivity index (χ3n) is 3.81. The van der Waals surface area contributed by atoms with E-state index in [9.17, 15) is 5.11 Å². The van der Waals surface area contributed by atoms with Crippen molar-refractivity contribution in [3.8, 4) is 6.07 Å². The van der Waals surface area contributed by atoms with Crippen molar-refractivity contribution >= 4 is 5.69 Å². The summed E-state index contributed by atoms with van der Waals surface area (Å²) in [5.74, 6) is 0.515. The first kappa shape index (κ1) is 14.8. The zero-order valence-electron chi connectivity index (χ0n) is 12.2. The summed E-state index contributed by atoms with van der Waals surface area (Å²) in [5, 5.41) is 18.9. The molecule has 4 nitrogen and oxygen atoms in total. The fourth-order valence-corrected chi connectivity index (χ4v) is 2.73. The normalized spacial score (nSPS) is 20.2. The van der Waals surface area contributed by atoms with Crippen molar-refractivity contribution in [3.63, 3.8) is 0 Å². The lowest BCUT2D eigenvalue weighted by Gasteiger charge is -2.30. The van der Waals surface area contributed by atoms with E-state index in [1.165, 1.54) is 6.42 Å². The van der Waals surface area contributed by atoms with E-state index in [2.05, 4.69) is 11.0 Å². The van der Waals surface area contributed by atoms with Gasteiger partial charge in [0.1, 0.15) is 0 Å². The molecular weight excluding hydrogens is 252 g/mol. The number of nitrogens with zero attached hydrogens (tertiary/aromatic N) is 2. The maximum Gasteiger partial charge on any atom is 0.0992 e. The van der Waals surface area contributed by atoms with Crippen molar-refractivity contribution in [2.75, 3.05) is 31.7 Å². The summed E-state index contributed by atoms with van der Waals surface area (Å²) in [7, 11) is 2.01. The maximum atomic E-state index is 9.89. The number of aliphatic hydroxyl groups excluding tert-OH is 1. The second-order valence-electron chi connectivity index (χ2n) is 5.53. The molecule has 1 aliphatic rings. The van der Waals surface area contributed by atoms with Crippen LogP contribution < -0.4 is 4.90 Å². The van der Waals surface area contributed by atoms with Gasteiger partial charge in [0.15, 0.2) is 0 Å². The first-order valence-corrected chi connectivity index (χ1v) is 7.13. The van der Waals surface area contributed by atoms with E-state index in [4.69, 9.17) is 10.00 Å². The number of nitriles is 1. The average Bonchev–Trinajstić information content (AvgIpc) is 2.47. The van der Waals surface area contributed by atoms with Gasteiger partial charge >= 0.3 is 0 Å². The Hall–Kier alpha value is -1.57. The highest BCUT2D eigenvalue weighted by molar-refractivity contribution is 5.58. The second-order valence-corrected chi connectivity index (χ2v) is 5.53. The highest BCUT2D eigenvalue weighted by Crippen LogP contribution is 2.28. The summed E-state index contributed by atoms with van der Waals surface area (Å²) >= 11 is 0. The van der Waals surface area contributed by atoms with Crippen LogP contribution in [0.15, 0.2) is 18.2 Å². The molecule has 4 heteroatoms. The van der Waals surface area contributed by atoms with Crippen LogP contribution in [-0.2, 0) is 4.74 Å². The van der Waals surface area contributed by atoms with Gasteiger partial charge in [0.2, 0.25) is 0 Å². The van der Waals surface area contributed by atoms with Crippen molar-refractivity contribution in [2.24, 2.45) is 5.92 Å². The van der Waals surface area contributed by atoms with Crippen molar-refractivity contribution in [1.29, 1.82) is 5.26 Å². The van der Waals surface area contributed by atoms with Crippen LogP contribution in [0.1, 0.15) is 37.0 Å². The van der Waals surface area contributed by atoms with Gasteiger partial charge in [-0.05, 0) is 37.8 Å². The Morgan fingerprint density at radius 1 is 1.55 bits per heavy atom. The van der Waals surface area contributed by atoms with Gasteiger partial charge in [0.25, 0.3) is 0 Å². The molecule has 20 heavy (non-hydrogen) atoms. The van der Waals surface area contributed by atoms with Crippen molar-refractivity contribution < 1.29 is 9.84 Å². The van der Waals surface area contributed by atoms with Crippen LogP contribution in [0.25, 0.3) is 0 Å². The Balaban J connectivity index is 2.18. The minimum atomic E-state index is -0.539. The highest BCUT2D eigenvalue weighted by atomic mass is 16.5. The van der Waals surface area contributed by atoms with Gasteiger partial charge in [-0.25, -0.2) is 0 Å². The molecular formula is C16H22N2O2. The Morgan fingerprint density at radius 2 is 2.35 bits per heavy atom. The lowest BCUT2D eigenvalue weighted by atomic mass is 10.00. The lowest BCUT2D eigenvalue weighted by molar-refractivity contribution is 0.0576. The summed E-state index contributed by atoms with van der Waals surface area (Å²) in [6.45, 7) is 4.30. The molecule has 0 radical (unpaired) electrons. The monoisotopic (exact) mass is 274 g/mol. The molecule has 0 amide bonds. The summed E-state index contributed by atoms with van der Waals surface area (Å²) < 4.78 is 5.51.